The quantitative estimate of drug-likeness (QED) is 0.484. The number of nitrogens with zero attached hydrogens (tertiary/aromatic N) is 1. The Labute approximate surface area is 163 Å². The van der Waals surface area contributed by atoms with Crippen molar-refractivity contribution in [3.8, 4) is 45.4 Å². The molecule has 0 radical (unpaired) electrons. The van der Waals surface area contributed by atoms with Crippen LogP contribution in [-0.2, 0) is 0 Å². The highest BCUT2D eigenvalue weighted by Crippen LogP contribution is 2.39. The largest absolute Gasteiger partial charge is 0.493 e. The number of H-pyrrole nitrogens is 1. The lowest BCUT2D eigenvalue weighted by molar-refractivity contribution is 0.355. The van der Waals surface area contributed by atoms with Gasteiger partial charge in [-0.2, -0.15) is 0 Å². The average Bonchev–Trinajstić information content (AvgIpc) is 3.20. The Morgan fingerprint density at radius 2 is 1.36 bits per heavy atom. The number of ether oxygens (including phenoxy) is 2. The first-order chi connectivity index (χ1) is 13.7. The molecule has 4 rings (SSSR count). The molecule has 5 heteroatoms. The molecule has 0 bridgehead atoms. The molecule has 4 aromatic rings. The second-order valence-corrected chi connectivity index (χ2v) is 6.34. The van der Waals surface area contributed by atoms with Crippen LogP contribution in [0.15, 0.2) is 72.8 Å². The minimum Gasteiger partial charge on any atom is -0.493 e. The Bertz CT molecular complexity index is 1030. The molecule has 0 unspecified atom stereocenters. The maximum atomic E-state index is 6.29. The van der Waals surface area contributed by atoms with Crippen molar-refractivity contribution in [2.75, 3.05) is 20.0 Å². The third-order valence-corrected chi connectivity index (χ3v) is 4.62. The summed E-state index contributed by atoms with van der Waals surface area (Å²) in [7, 11) is 3.19. The van der Waals surface area contributed by atoms with Gasteiger partial charge in [-0.25, -0.2) is 4.98 Å². The molecule has 140 valence electrons. The van der Waals surface area contributed by atoms with Crippen molar-refractivity contribution in [1.29, 1.82) is 0 Å². The van der Waals surface area contributed by atoms with Crippen molar-refractivity contribution in [3.05, 3.63) is 72.8 Å². The summed E-state index contributed by atoms with van der Waals surface area (Å²) in [5, 5.41) is 0. The van der Waals surface area contributed by atoms with Gasteiger partial charge >= 0.3 is 0 Å². The Morgan fingerprint density at radius 1 is 0.786 bits per heavy atom. The fourth-order valence-electron chi connectivity index (χ4n) is 3.22. The van der Waals surface area contributed by atoms with Gasteiger partial charge in [0.1, 0.15) is 5.82 Å². The standard InChI is InChI=1S/C23H21N3O2/c1-27-19-13-17(18(24)14-20(19)28-2)23-25-21(15-9-5-3-6-10-15)22(26-23)16-11-7-4-8-12-16/h3-14H,24H2,1-2H3,(H,25,26). The molecule has 0 spiro atoms. The summed E-state index contributed by atoms with van der Waals surface area (Å²) in [6.45, 7) is 0. The number of rotatable bonds is 5. The number of aromatic amines is 1. The van der Waals surface area contributed by atoms with E-state index >= 15 is 0 Å². The zero-order chi connectivity index (χ0) is 19.5. The Balaban J connectivity index is 1.92. The number of imidazole rings is 1. The normalized spacial score (nSPS) is 10.6. The zero-order valence-corrected chi connectivity index (χ0v) is 15.8. The monoisotopic (exact) mass is 371 g/mol. The van der Waals surface area contributed by atoms with E-state index in [2.05, 4.69) is 17.1 Å². The molecule has 5 nitrogen and oxygen atoms in total. The third kappa shape index (κ3) is 3.18. The van der Waals surface area contributed by atoms with Crippen molar-refractivity contribution in [3.63, 3.8) is 0 Å². The summed E-state index contributed by atoms with van der Waals surface area (Å²) in [5.41, 5.74) is 11.5. The summed E-state index contributed by atoms with van der Waals surface area (Å²) in [4.78, 5) is 8.34. The van der Waals surface area contributed by atoms with Crippen molar-refractivity contribution in [1.82, 2.24) is 9.97 Å². The van der Waals surface area contributed by atoms with E-state index in [4.69, 9.17) is 20.2 Å². The van der Waals surface area contributed by atoms with E-state index in [9.17, 15) is 0 Å². The molecule has 0 aliphatic carbocycles. The number of hydrogen-bond donors (Lipinski definition) is 2. The number of anilines is 1. The highest BCUT2D eigenvalue weighted by atomic mass is 16.5. The molecule has 1 heterocycles. The van der Waals surface area contributed by atoms with Crippen LogP contribution in [0.5, 0.6) is 11.5 Å². The summed E-state index contributed by atoms with van der Waals surface area (Å²) < 4.78 is 10.8. The molecule has 0 aliphatic heterocycles. The molecule has 0 atom stereocenters. The zero-order valence-electron chi connectivity index (χ0n) is 15.8. The predicted molar refractivity (Wildman–Crippen MR) is 112 cm³/mol. The van der Waals surface area contributed by atoms with Gasteiger partial charge in [-0.3, -0.25) is 0 Å². The Hall–Kier alpha value is -3.73. The minimum absolute atomic E-state index is 0.561. The van der Waals surface area contributed by atoms with Gasteiger partial charge in [-0.05, 0) is 6.07 Å². The average molecular weight is 371 g/mol. The number of nitrogen functional groups attached to an aromatic ring is 1. The summed E-state index contributed by atoms with van der Waals surface area (Å²) in [6.07, 6.45) is 0. The first-order valence-electron chi connectivity index (χ1n) is 8.94. The van der Waals surface area contributed by atoms with Crippen molar-refractivity contribution < 1.29 is 9.47 Å². The summed E-state index contributed by atoms with van der Waals surface area (Å²) >= 11 is 0. The highest BCUT2D eigenvalue weighted by molar-refractivity contribution is 5.84. The second kappa shape index (κ2) is 7.48. The summed E-state index contributed by atoms with van der Waals surface area (Å²) in [6, 6.07) is 23.8. The van der Waals surface area contributed by atoms with E-state index < -0.39 is 0 Å². The first-order valence-corrected chi connectivity index (χ1v) is 8.94. The third-order valence-electron chi connectivity index (χ3n) is 4.62. The predicted octanol–water partition coefficient (Wildman–Crippen LogP) is 5.01. The van der Waals surface area contributed by atoms with Crippen molar-refractivity contribution in [2.24, 2.45) is 0 Å². The van der Waals surface area contributed by atoms with Gasteiger partial charge in [-0.1, -0.05) is 60.7 Å². The molecule has 28 heavy (non-hydrogen) atoms. The molecule has 3 aromatic carbocycles. The van der Waals surface area contributed by atoms with Gasteiger partial charge < -0.3 is 20.2 Å². The smallest absolute Gasteiger partial charge is 0.162 e. The molecular formula is C23H21N3O2. The minimum atomic E-state index is 0.561. The number of nitrogens with two attached hydrogens (primary N) is 1. The maximum Gasteiger partial charge on any atom is 0.162 e. The lowest BCUT2D eigenvalue weighted by atomic mass is 10.1. The van der Waals surface area contributed by atoms with E-state index in [0.717, 1.165) is 28.1 Å². The maximum absolute atomic E-state index is 6.29. The van der Waals surface area contributed by atoms with Crippen molar-refractivity contribution >= 4 is 5.69 Å². The van der Waals surface area contributed by atoms with Crippen LogP contribution in [0.1, 0.15) is 0 Å². The Kier molecular flexibility index (Phi) is 4.72. The van der Waals surface area contributed by atoms with E-state index in [1.807, 2.05) is 54.6 Å². The molecule has 3 N–H and O–H groups in total. The van der Waals surface area contributed by atoms with E-state index in [1.165, 1.54) is 0 Å². The Morgan fingerprint density at radius 3 is 1.96 bits per heavy atom. The van der Waals surface area contributed by atoms with E-state index in [-0.39, 0.29) is 0 Å². The molecular weight excluding hydrogens is 350 g/mol. The van der Waals surface area contributed by atoms with Gasteiger partial charge in [-0.15, -0.1) is 0 Å². The second-order valence-electron chi connectivity index (χ2n) is 6.34. The van der Waals surface area contributed by atoms with Gasteiger partial charge in [0.25, 0.3) is 0 Å². The fraction of sp³-hybridized carbons (Fsp3) is 0.0870. The summed E-state index contributed by atoms with van der Waals surface area (Å²) in [5.74, 6) is 1.86. The number of nitrogens with one attached hydrogen (secondary N) is 1. The fourth-order valence-corrected chi connectivity index (χ4v) is 3.22. The molecule has 0 saturated heterocycles. The van der Waals surface area contributed by atoms with Crippen LogP contribution in [0.3, 0.4) is 0 Å². The van der Waals surface area contributed by atoms with Crippen LogP contribution in [0.25, 0.3) is 33.9 Å². The topological polar surface area (TPSA) is 73.2 Å². The highest BCUT2D eigenvalue weighted by Gasteiger charge is 2.18. The first kappa shape index (κ1) is 17.7. The number of aromatic nitrogens is 2. The lowest BCUT2D eigenvalue weighted by Crippen LogP contribution is -1.97. The molecule has 1 aromatic heterocycles. The van der Waals surface area contributed by atoms with Crippen molar-refractivity contribution in [2.45, 2.75) is 0 Å². The van der Waals surface area contributed by atoms with Gasteiger partial charge in [0, 0.05) is 28.4 Å². The van der Waals surface area contributed by atoms with Crippen LogP contribution in [0, 0.1) is 0 Å². The van der Waals surface area contributed by atoms with Gasteiger partial charge in [0.15, 0.2) is 11.5 Å². The number of methoxy groups -OCH3 is 2. The van der Waals surface area contributed by atoms with Crippen LogP contribution in [-0.4, -0.2) is 24.2 Å². The number of benzene rings is 3. The van der Waals surface area contributed by atoms with E-state index in [1.54, 1.807) is 20.3 Å². The van der Waals surface area contributed by atoms with Gasteiger partial charge in [0.2, 0.25) is 0 Å². The van der Waals surface area contributed by atoms with Crippen LogP contribution < -0.4 is 15.2 Å². The molecule has 0 saturated carbocycles. The lowest BCUT2D eigenvalue weighted by Gasteiger charge is -2.11. The van der Waals surface area contributed by atoms with Crippen LogP contribution in [0.2, 0.25) is 0 Å². The number of hydrogen-bond acceptors (Lipinski definition) is 4. The van der Waals surface area contributed by atoms with Gasteiger partial charge in [0.05, 0.1) is 25.6 Å². The van der Waals surface area contributed by atoms with E-state index in [0.29, 0.717) is 23.0 Å². The molecule has 0 aliphatic rings. The van der Waals surface area contributed by atoms with Crippen LogP contribution >= 0.6 is 0 Å². The SMILES string of the molecule is COc1cc(N)c(-c2nc(-c3ccccc3)c(-c3ccccc3)[nH]2)cc1OC. The molecule has 0 amide bonds. The van der Waals surface area contributed by atoms with Crippen LogP contribution in [0.4, 0.5) is 5.69 Å². The molecule has 0 fully saturated rings.